The number of imidazole rings is 2. The van der Waals surface area contributed by atoms with Crippen LogP contribution in [0, 0.1) is 11.6 Å². The minimum Gasteiger partial charge on any atom is -0.503 e. The lowest BCUT2D eigenvalue weighted by Gasteiger charge is -2.07. The van der Waals surface area contributed by atoms with Crippen molar-refractivity contribution in [1.29, 1.82) is 0 Å². The minimum absolute atomic E-state index is 0.00628. The van der Waals surface area contributed by atoms with Crippen molar-refractivity contribution in [2.24, 2.45) is 0 Å². The first-order chi connectivity index (χ1) is 15.9. The highest BCUT2D eigenvalue weighted by atomic mass is 19.1. The highest BCUT2D eigenvalue weighted by Gasteiger charge is 2.28. The van der Waals surface area contributed by atoms with E-state index in [9.17, 15) is 23.5 Å². The van der Waals surface area contributed by atoms with Crippen LogP contribution in [0.4, 0.5) is 20.7 Å². The maximum atomic E-state index is 14.6. The summed E-state index contributed by atoms with van der Waals surface area (Å²) in [5.74, 6) is -6.24. The maximum absolute atomic E-state index is 14.6. The van der Waals surface area contributed by atoms with Crippen LogP contribution in [0.2, 0.25) is 0 Å². The zero-order chi connectivity index (χ0) is 23.1. The van der Waals surface area contributed by atoms with Crippen LogP contribution in [-0.4, -0.2) is 41.8 Å². The molecule has 12 heteroatoms. The lowest BCUT2D eigenvalue weighted by Crippen LogP contribution is -2.16. The van der Waals surface area contributed by atoms with E-state index in [2.05, 4.69) is 35.6 Å². The van der Waals surface area contributed by atoms with Gasteiger partial charge in [-0.05, 0) is 11.5 Å². The van der Waals surface area contributed by atoms with Gasteiger partial charge in [-0.15, -0.1) is 0 Å². The summed E-state index contributed by atoms with van der Waals surface area (Å²) in [6.07, 6.45) is 4.30. The Kier molecular flexibility index (Phi) is 4.66. The number of fused-ring (bicyclic) bond motifs is 2. The number of aromatic hydroxyl groups is 1. The minimum atomic E-state index is -1.50. The predicted molar refractivity (Wildman–Crippen MR) is 114 cm³/mol. The number of hydrogen-bond donors (Lipinski definition) is 5. The molecule has 3 heterocycles. The number of aromatic nitrogens is 5. The first-order valence-corrected chi connectivity index (χ1v) is 9.49. The quantitative estimate of drug-likeness (QED) is 0.284. The third-order valence-electron chi connectivity index (χ3n) is 4.85. The van der Waals surface area contributed by atoms with Crippen LogP contribution >= 0.6 is 0 Å². The van der Waals surface area contributed by atoms with Crippen LogP contribution in [0.5, 0.6) is 5.75 Å². The molecule has 0 saturated heterocycles. The zero-order valence-electron chi connectivity index (χ0n) is 16.5. The number of H-pyrrole nitrogens is 2. The summed E-state index contributed by atoms with van der Waals surface area (Å²) in [7, 11) is 0. The number of carbonyl (C=O) groups is 2. The van der Waals surface area contributed by atoms with Gasteiger partial charge in [0.2, 0.25) is 11.9 Å². The summed E-state index contributed by atoms with van der Waals surface area (Å²) in [4.78, 5) is 42.1. The number of hydrogen-bond acceptors (Lipinski definition) is 6. The van der Waals surface area contributed by atoms with Crippen molar-refractivity contribution in [3.63, 3.8) is 0 Å². The number of phenols is 1. The Morgan fingerprint density at radius 3 is 2.48 bits per heavy atom. The van der Waals surface area contributed by atoms with Crippen LogP contribution < -0.4 is 10.6 Å². The topological polar surface area (TPSA) is 149 Å². The van der Waals surface area contributed by atoms with Crippen LogP contribution in [0.3, 0.4) is 0 Å². The molecule has 0 aliphatic carbocycles. The maximum Gasteiger partial charge on any atom is 0.276 e. The van der Waals surface area contributed by atoms with Gasteiger partial charge in [0.25, 0.3) is 11.8 Å². The number of benzene rings is 2. The van der Waals surface area contributed by atoms with Gasteiger partial charge in [0.1, 0.15) is 16.8 Å². The fourth-order valence-electron chi connectivity index (χ4n) is 3.31. The fourth-order valence-corrected chi connectivity index (χ4v) is 3.31. The third-order valence-corrected chi connectivity index (χ3v) is 4.85. The smallest absolute Gasteiger partial charge is 0.276 e. The van der Waals surface area contributed by atoms with Gasteiger partial charge in [0, 0.05) is 24.0 Å². The van der Waals surface area contributed by atoms with Gasteiger partial charge in [-0.3, -0.25) is 25.2 Å². The van der Waals surface area contributed by atoms with E-state index in [1.807, 2.05) is 18.2 Å². The van der Waals surface area contributed by atoms with E-state index in [0.29, 0.717) is 0 Å². The standard InChI is InChI=1S/C21H13F2N7O3/c22-13-12(19(33)30-20-24-5-6-25-20)15-16(14(23)17(13)31)28-21(27-15)29-18(32)11-7-9-3-1-2-4-10(9)8-26-11/h1-8,31H,(H2,24,25,30,33)(H2,27,28,29,32). The Bertz CT molecular complexity index is 1550. The molecule has 0 atom stereocenters. The number of rotatable bonds is 4. The molecule has 164 valence electrons. The highest BCUT2D eigenvalue weighted by molar-refractivity contribution is 6.12. The van der Waals surface area contributed by atoms with E-state index in [4.69, 9.17) is 0 Å². The number of halogens is 2. The molecular formula is C21H13F2N7O3. The van der Waals surface area contributed by atoms with E-state index in [1.54, 1.807) is 12.1 Å². The van der Waals surface area contributed by atoms with Crippen molar-refractivity contribution in [3.05, 3.63) is 71.8 Å². The molecule has 0 unspecified atom stereocenters. The Morgan fingerprint density at radius 2 is 1.73 bits per heavy atom. The molecule has 3 aromatic heterocycles. The van der Waals surface area contributed by atoms with Gasteiger partial charge in [0.15, 0.2) is 17.4 Å². The summed E-state index contributed by atoms with van der Waals surface area (Å²) >= 11 is 0. The Hall–Kier alpha value is -4.87. The molecule has 0 spiro atoms. The van der Waals surface area contributed by atoms with Gasteiger partial charge >= 0.3 is 0 Å². The molecule has 0 saturated carbocycles. The summed E-state index contributed by atoms with van der Waals surface area (Å²) in [6, 6.07) is 8.84. The van der Waals surface area contributed by atoms with Crippen molar-refractivity contribution in [1.82, 2.24) is 24.9 Å². The van der Waals surface area contributed by atoms with Crippen LogP contribution in [0.25, 0.3) is 21.8 Å². The lowest BCUT2D eigenvalue weighted by molar-refractivity contribution is 0.101. The molecule has 0 radical (unpaired) electrons. The van der Waals surface area contributed by atoms with Crippen molar-refractivity contribution in [3.8, 4) is 5.75 Å². The molecule has 10 nitrogen and oxygen atoms in total. The average molecular weight is 449 g/mol. The van der Waals surface area contributed by atoms with Gasteiger partial charge < -0.3 is 15.1 Å². The molecule has 5 N–H and O–H groups in total. The van der Waals surface area contributed by atoms with E-state index in [1.165, 1.54) is 18.6 Å². The number of anilines is 2. The zero-order valence-corrected chi connectivity index (χ0v) is 16.5. The number of nitrogens with zero attached hydrogens (tertiary/aromatic N) is 3. The van der Waals surface area contributed by atoms with E-state index in [0.717, 1.165) is 10.8 Å². The molecule has 5 rings (SSSR count). The second kappa shape index (κ2) is 7.67. The van der Waals surface area contributed by atoms with Gasteiger partial charge in [-0.25, -0.2) is 18.7 Å². The first kappa shape index (κ1) is 20.1. The van der Waals surface area contributed by atoms with Crippen LogP contribution in [0.1, 0.15) is 20.8 Å². The lowest BCUT2D eigenvalue weighted by atomic mass is 10.1. The second-order valence-electron chi connectivity index (χ2n) is 6.92. The van der Waals surface area contributed by atoms with Crippen molar-refractivity contribution in [2.45, 2.75) is 0 Å². The largest absolute Gasteiger partial charge is 0.503 e. The summed E-state index contributed by atoms with van der Waals surface area (Å²) in [5.41, 5.74) is -1.56. The molecule has 0 aliphatic rings. The van der Waals surface area contributed by atoms with E-state index >= 15 is 0 Å². The SMILES string of the molecule is O=C(Nc1nc2c(F)c(O)c(F)c(C(=O)Nc3ncc[nH]3)c2[nH]1)c1cc2ccccc2cn1. The van der Waals surface area contributed by atoms with Crippen molar-refractivity contribution >= 4 is 45.5 Å². The first-order valence-electron chi connectivity index (χ1n) is 9.49. The number of nitrogens with one attached hydrogen (secondary N) is 4. The molecule has 2 aromatic carbocycles. The number of amides is 2. The molecular weight excluding hydrogens is 436 g/mol. The Labute approximate surface area is 182 Å². The average Bonchev–Trinajstić information content (AvgIpc) is 3.47. The Balaban J connectivity index is 1.52. The van der Waals surface area contributed by atoms with Gasteiger partial charge in [0.05, 0.1) is 5.52 Å². The number of pyridine rings is 1. The normalized spacial score (nSPS) is 11.1. The van der Waals surface area contributed by atoms with E-state index in [-0.39, 0.29) is 23.1 Å². The Morgan fingerprint density at radius 1 is 0.970 bits per heavy atom. The molecule has 0 aliphatic heterocycles. The monoisotopic (exact) mass is 449 g/mol. The molecule has 5 aromatic rings. The second-order valence-corrected chi connectivity index (χ2v) is 6.92. The molecule has 0 fully saturated rings. The number of phenolic OH excluding ortho intramolecular Hbond substituents is 1. The molecule has 2 amide bonds. The predicted octanol–water partition coefficient (Wildman–Crippen LogP) is 3.32. The third kappa shape index (κ3) is 3.48. The van der Waals surface area contributed by atoms with E-state index < -0.39 is 40.3 Å². The van der Waals surface area contributed by atoms with Gasteiger partial charge in [-0.2, -0.15) is 0 Å². The summed E-state index contributed by atoms with van der Waals surface area (Å²) < 4.78 is 29.1. The van der Waals surface area contributed by atoms with Crippen molar-refractivity contribution in [2.75, 3.05) is 10.6 Å². The van der Waals surface area contributed by atoms with Gasteiger partial charge in [-0.1, -0.05) is 24.3 Å². The number of carbonyl (C=O) groups excluding carboxylic acids is 2. The fraction of sp³-hybridized carbons (Fsp3) is 0. The van der Waals surface area contributed by atoms with Crippen LogP contribution in [-0.2, 0) is 0 Å². The summed E-state index contributed by atoms with van der Waals surface area (Å²) in [5, 5.41) is 16.1. The number of aromatic amines is 2. The summed E-state index contributed by atoms with van der Waals surface area (Å²) in [6.45, 7) is 0. The highest BCUT2D eigenvalue weighted by Crippen LogP contribution is 2.33. The van der Waals surface area contributed by atoms with Crippen LogP contribution in [0.15, 0.2) is 48.9 Å². The molecule has 0 bridgehead atoms. The molecule has 33 heavy (non-hydrogen) atoms. The van der Waals surface area contributed by atoms with Crippen molar-refractivity contribution < 1.29 is 23.5 Å².